The molecular formula is C27H28ClFN3O2. The van der Waals surface area contributed by atoms with E-state index in [-0.39, 0.29) is 11.7 Å². The van der Waals surface area contributed by atoms with Gasteiger partial charge in [-0.15, -0.1) is 0 Å². The molecule has 34 heavy (non-hydrogen) atoms. The molecule has 1 fully saturated rings. The van der Waals surface area contributed by atoms with E-state index in [4.69, 9.17) is 26.1 Å². The van der Waals surface area contributed by atoms with Crippen LogP contribution >= 0.6 is 11.6 Å². The van der Waals surface area contributed by atoms with Gasteiger partial charge in [0.25, 0.3) is 0 Å². The van der Waals surface area contributed by atoms with Crippen LogP contribution in [0.3, 0.4) is 0 Å². The highest BCUT2D eigenvalue weighted by atomic mass is 35.5. The van der Waals surface area contributed by atoms with Crippen molar-refractivity contribution in [2.75, 3.05) is 20.8 Å². The second-order valence-corrected chi connectivity index (χ2v) is 9.56. The minimum atomic E-state index is -0.453. The summed E-state index contributed by atoms with van der Waals surface area (Å²) < 4.78 is 26.1. The van der Waals surface area contributed by atoms with Gasteiger partial charge in [0, 0.05) is 30.0 Å². The lowest BCUT2D eigenvalue weighted by molar-refractivity contribution is 0.162. The van der Waals surface area contributed by atoms with Crippen LogP contribution in [-0.4, -0.2) is 35.6 Å². The minimum Gasteiger partial charge on any atom is -0.497 e. The van der Waals surface area contributed by atoms with Crippen LogP contribution in [0.1, 0.15) is 49.1 Å². The molecule has 5 nitrogen and oxygen atoms in total. The van der Waals surface area contributed by atoms with E-state index in [0.717, 1.165) is 58.8 Å². The molecule has 1 aromatic heterocycles. The van der Waals surface area contributed by atoms with E-state index in [1.807, 2.05) is 43.3 Å². The number of allylic oxidation sites excluding steroid dienone is 3. The van der Waals surface area contributed by atoms with Gasteiger partial charge >= 0.3 is 0 Å². The van der Waals surface area contributed by atoms with Crippen LogP contribution in [0, 0.1) is 13.0 Å². The third kappa shape index (κ3) is 3.65. The number of aromatic amines is 1. The number of likely N-dealkylation sites (tertiary alicyclic amines) is 1. The lowest BCUT2D eigenvalue weighted by Crippen LogP contribution is -2.40. The third-order valence-electron chi connectivity index (χ3n) is 7.20. The molecule has 1 aliphatic carbocycles. The average Bonchev–Trinajstić information content (AvgIpc) is 3.46. The Bertz CT molecular complexity index is 1300. The third-order valence-corrected chi connectivity index (χ3v) is 7.61. The summed E-state index contributed by atoms with van der Waals surface area (Å²) in [5.41, 5.74) is 4.17. The van der Waals surface area contributed by atoms with Gasteiger partial charge in [0.15, 0.2) is 11.6 Å². The van der Waals surface area contributed by atoms with Gasteiger partial charge in [0.1, 0.15) is 11.6 Å². The lowest BCUT2D eigenvalue weighted by atomic mass is 9.87. The summed E-state index contributed by atoms with van der Waals surface area (Å²) in [6, 6.07) is 11.6. The summed E-state index contributed by atoms with van der Waals surface area (Å²) in [6.07, 6.45) is 5.43. The first kappa shape index (κ1) is 22.8. The number of halogens is 2. The molecule has 0 saturated carbocycles. The Labute approximate surface area is 204 Å². The summed E-state index contributed by atoms with van der Waals surface area (Å²) in [5, 5.41) is 0.695. The molecule has 0 bridgehead atoms. The zero-order valence-electron chi connectivity index (χ0n) is 19.8. The SMILES string of the molecule is COC1=C(N2CCC[C@@]2(C)c2nc3c(C)c(Cl)ccc3[nH]2)CC(c2ccc(OC)cc2)[C]=C1F. The minimum absolute atomic E-state index is 0.221. The first-order valence-electron chi connectivity index (χ1n) is 11.5. The van der Waals surface area contributed by atoms with Gasteiger partial charge in [-0.25, -0.2) is 9.37 Å². The van der Waals surface area contributed by atoms with Crippen molar-refractivity contribution in [2.45, 2.75) is 44.6 Å². The van der Waals surface area contributed by atoms with E-state index in [1.165, 1.54) is 7.11 Å². The summed E-state index contributed by atoms with van der Waals surface area (Å²) in [6.45, 7) is 4.93. The second kappa shape index (κ2) is 8.66. The highest BCUT2D eigenvalue weighted by Crippen LogP contribution is 2.46. The van der Waals surface area contributed by atoms with Gasteiger partial charge in [-0.1, -0.05) is 23.7 Å². The summed E-state index contributed by atoms with van der Waals surface area (Å²) >= 11 is 6.34. The van der Waals surface area contributed by atoms with Crippen molar-refractivity contribution in [3.8, 4) is 5.75 Å². The first-order valence-corrected chi connectivity index (χ1v) is 11.9. The smallest absolute Gasteiger partial charge is 0.173 e. The summed E-state index contributed by atoms with van der Waals surface area (Å²) in [5.74, 6) is 1.21. The highest BCUT2D eigenvalue weighted by molar-refractivity contribution is 6.32. The number of fused-ring (bicyclic) bond motifs is 1. The number of rotatable bonds is 5. The molecule has 7 heteroatoms. The number of hydrogen-bond donors (Lipinski definition) is 1. The molecule has 0 amide bonds. The van der Waals surface area contributed by atoms with Crippen LogP contribution in [0.25, 0.3) is 11.0 Å². The standard InChI is InChI=1S/C27H28ClFN3O2/c1-16-20(28)10-11-22-24(16)31-26(30-22)27(2)12-5-13-32(27)23-15-18(14-21(29)25(23)34-4)17-6-8-19(33-3)9-7-17/h6-11,18H,5,12-13,15H2,1-4H3,(H,30,31)/t18?,27-/m0/s1. The molecule has 1 radical (unpaired) electrons. The van der Waals surface area contributed by atoms with Gasteiger partial charge in [-0.05, 0) is 62.1 Å². The highest BCUT2D eigenvalue weighted by Gasteiger charge is 2.44. The molecule has 1 saturated heterocycles. The van der Waals surface area contributed by atoms with E-state index in [1.54, 1.807) is 7.11 Å². The van der Waals surface area contributed by atoms with Crippen LogP contribution in [0.4, 0.5) is 4.39 Å². The van der Waals surface area contributed by atoms with Crippen LogP contribution < -0.4 is 4.74 Å². The number of aromatic nitrogens is 2. The number of nitrogens with zero attached hydrogens (tertiary/aromatic N) is 2. The molecule has 177 valence electrons. The lowest BCUT2D eigenvalue weighted by Gasteiger charge is -2.39. The van der Waals surface area contributed by atoms with Gasteiger partial charge in [-0.3, -0.25) is 0 Å². The molecule has 2 heterocycles. The van der Waals surface area contributed by atoms with Crippen molar-refractivity contribution in [1.82, 2.24) is 14.9 Å². The zero-order chi connectivity index (χ0) is 24.0. The van der Waals surface area contributed by atoms with Crippen molar-refractivity contribution in [3.05, 3.63) is 81.7 Å². The number of benzene rings is 2. The Hall–Kier alpha value is -2.99. The largest absolute Gasteiger partial charge is 0.497 e. The average molecular weight is 481 g/mol. The van der Waals surface area contributed by atoms with Crippen molar-refractivity contribution < 1.29 is 13.9 Å². The normalized spacial score (nSPS) is 22.9. The Kier molecular flexibility index (Phi) is 5.80. The quantitative estimate of drug-likeness (QED) is 0.450. The Morgan fingerprint density at radius 1 is 1.18 bits per heavy atom. The van der Waals surface area contributed by atoms with Crippen LogP contribution in [0.2, 0.25) is 5.02 Å². The van der Waals surface area contributed by atoms with Crippen molar-refractivity contribution in [3.63, 3.8) is 0 Å². The van der Waals surface area contributed by atoms with E-state index in [9.17, 15) is 0 Å². The van der Waals surface area contributed by atoms with E-state index in [2.05, 4.69) is 22.9 Å². The number of aryl methyl sites for hydroxylation is 1. The van der Waals surface area contributed by atoms with Gasteiger partial charge in [0.2, 0.25) is 0 Å². The molecule has 2 aromatic carbocycles. The summed E-state index contributed by atoms with van der Waals surface area (Å²) in [4.78, 5) is 10.7. The molecule has 2 aliphatic rings. The molecule has 2 atom stereocenters. The number of ether oxygens (including phenoxy) is 2. The molecule has 1 unspecified atom stereocenters. The maximum atomic E-state index is 15.3. The number of H-pyrrole nitrogens is 1. The van der Waals surface area contributed by atoms with E-state index in [0.29, 0.717) is 11.4 Å². The van der Waals surface area contributed by atoms with Crippen molar-refractivity contribution >= 4 is 22.6 Å². The summed E-state index contributed by atoms with van der Waals surface area (Å²) in [7, 11) is 3.15. The van der Waals surface area contributed by atoms with Gasteiger partial charge in [0.05, 0.1) is 36.5 Å². The molecule has 1 N–H and O–H groups in total. The Morgan fingerprint density at radius 3 is 2.65 bits per heavy atom. The monoisotopic (exact) mass is 480 g/mol. The number of imidazole rings is 1. The predicted octanol–water partition coefficient (Wildman–Crippen LogP) is 6.55. The molecular weight excluding hydrogens is 453 g/mol. The second-order valence-electron chi connectivity index (χ2n) is 9.15. The molecule has 1 aliphatic heterocycles. The first-order chi connectivity index (χ1) is 16.4. The van der Waals surface area contributed by atoms with Crippen LogP contribution in [-0.2, 0) is 10.3 Å². The fourth-order valence-corrected chi connectivity index (χ4v) is 5.40. The van der Waals surface area contributed by atoms with Gasteiger partial charge in [-0.2, -0.15) is 0 Å². The predicted molar refractivity (Wildman–Crippen MR) is 131 cm³/mol. The molecule has 5 rings (SSSR count). The maximum absolute atomic E-state index is 15.3. The Balaban J connectivity index is 1.55. The van der Waals surface area contributed by atoms with Crippen LogP contribution in [0.15, 0.2) is 53.7 Å². The molecule has 0 spiro atoms. The maximum Gasteiger partial charge on any atom is 0.173 e. The Morgan fingerprint density at radius 2 is 1.94 bits per heavy atom. The van der Waals surface area contributed by atoms with Crippen LogP contribution in [0.5, 0.6) is 5.75 Å². The zero-order valence-corrected chi connectivity index (χ0v) is 20.6. The van der Waals surface area contributed by atoms with E-state index >= 15 is 4.39 Å². The fourth-order valence-electron chi connectivity index (χ4n) is 5.24. The van der Waals surface area contributed by atoms with Crippen molar-refractivity contribution in [2.24, 2.45) is 0 Å². The fraction of sp³-hybridized carbons (Fsp3) is 0.370. The number of methoxy groups -OCH3 is 2. The van der Waals surface area contributed by atoms with Gasteiger partial charge < -0.3 is 19.4 Å². The number of nitrogens with one attached hydrogen (secondary N) is 1. The molecule has 3 aromatic rings. The van der Waals surface area contributed by atoms with Crippen molar-refractivity contribution in [1.29, 1.82) is 0 Å². The van der Waals surface area contributed by atoms with E-state index < -0.39 is 11.4 Å². The number of hydrogen-bond acceptors (Lipinski definition) is 4. The topological polar surface area (TPSA) is 50.4 Å².